The number of benzene rings is 1. The van der Waals surface area contributed by atoms with Crippen LogP contribution in [0.5, 0.6) is 0 Å². The fraction of sp³-hybridized carbons (Fsp3) is 0.686. The van der Waals surface area contributed by atoms with Crippen molar-refractivity contribution >= 4 is 17.8 Å². The molecule has 9 heteroatoms. The fourth-order valence-corrected chi connectivity index (χ4v) is 4.85. The summed E-state index contributed by atoms with van der Waals surface area (Å²) < 4.78 is 23.1. The Morgan fingerprint density at radius 1 is 0.932 bits per heavy atom. The summed E-state index contributed by atoms with van der Waals surface area (Å²) in [5.74, 6) is -1.14. The predicted octanol–water partition coefficient (Wildman–Crippen LogP) is 6.76. The molecule has 0 aliphatic rings. The van der Waals surface area contributed by atoms with E-state index in [1.807, 2.05) is 65.0 Å². The summed E-state index contributed by atoms with van der Waals surface area (Å²) in [4.78, 5) is 39.8. The van der Waals surface area contributed by atoms with Crippen molar-refractivity contribution in [2.24, 2.45) is 17.3 Å². The van der Waals surface area contributed by atoms with Crippen molar-refractivity contribution in [2.45, 2.75) is 132 Å². The molecule has 1 amide bonds. The highest BCUT2D eigenvalue weighted by atomic mass is 16.7. The summed E-state index contributed by atoms with van der Waals surface area (Å²) >= 11 is 0. The van der Waals surface area contributed by atoms with Crippen LogP contribution in [-0.2, 0) is 35.1 Å². The van der Waals surface area contributed by atoms with Gasteiger partial charge in [-0.05, 0) is 71.4 Å². The number of allylic oxidation sites excluding steroid dienone is 1. The van der Waals surface area contributed by atoms with Gasteiger partial charge in [0.15, 0.2) is 6.10 Å². The number of carbonyl (C=O) groups is 3. The van der Waals surface area contributed by atoms with Gasteiger partial charge < -0.3 is 29.4 Å². The van der Waals surface area contributed by atoms with Crippen LogP contribution in [0.25, 0.3) is 0 Å². The molecule has 0 aliphatic heterocycles. The maximum Gasteiger partial charge on any atom is 0.407 e. The lowest BCUT2D eigenvalue weighted by Crippen LogP contribution is -2.51. The van der Waals surface area contributed by atoms with Gasteiger partial charge in [-0.15, -0.1) is 0 Å². The number of esters is 1. The van der Waals surface area contributed by atoms with E-state index in [1.54, 1.807) is 48.5 Å². The van der Waals surface area contributed by atoms with Crippen LogP contribution < -0.4 is 5.32 Å². The van der Waals surface area contributed by atoms with Crippen LogP contribution in [0.4, 0.5) is 4.79 Å². The second-order valence-corrected chi connectivity index (χ2v) is 13.6. The Kier molecular flexibility index (Phi) is 15.8. The van der Waals surface area contributed by atoms with Gasteiger partial charge in [-0.3, -0.25) is 4.79 Å². The average molecular weight is 620 g/mol. The van der Waals surface area contributed by atoms with E-state index in [0.717, 1.165) is 16.7 Å². The highest BCUT2D eigenvalue weighted by Crippen LogP contribution is 2.32. The predicted molar refractivity (Wildman–Crippen MR) is 172 cm³/mol. The van der Waals surface area contributed by atoms with Gasteiger partial charge in [-0.25, -0.2) is 9.59 Å². The lowest BCUT2D eigenvalue weighted by Gasteiger charge is -2.32. The van der Waals surface area contributed by atoms with Gasteiger partial charge in [-0.1, -0.05) is 77.4 Å². The SMILES string of the molecule is CC[C@H](O)C(C)(C)C(=O)[C@H](C)/C(C)=C(\C)[C@H](C)OC(=O)C(OCOCc1ccccc1)[C@H](CC(C)C)NC(=O)OC(C)(C)C. The summed E-state index contributed by atoms with van der Waals surface area (Å²) in [6.07, 6.45) is -2.42. The lowest BCUT2D eigenvalue weighted by molar-refractivity contribution is -0.174. The molecule has 0 fully saturated rings. The number of ether oxygens (including phenoxy) is 4. The number of hydrogen-bond acceptors (Lipinski definition) is 8. The number of nitrogens with one attached hydrogen (secondary N) is 1. The molecule has 1 rings (SSSR count). The number of hydrogen-bond donors (Lipinski definition) is 2. The number of alkyl carbamates (subject to hydrolysis) is 1. The van der Waals surface area contributed by atoms with E-state index in [9.17, 15) is 19.5 Å². The Bertz CT molecular complexity index is 1090. The molecule has 0 radical (unpaired) electrons. The molecule has 44 heavy (non-hydrogen) atoms. The van der Waals surface area contributed by atoms with Crippen LogP contribution in [0.2, 0.25) is 0 Å². The molecular formula is C35H57NO8. The van der Waals surface area contributed by atoms with E-state index < -0.39 is 53.4 Å². The van der Waals surface area contributed by atoms with Crippen molar-refractivity contribution in [3.8, 4) is 0 Å². The van der Waals surface area contributed by atoms with Gasteiger partial charge in [0.1, 0.15) is 24.3 Å². The van der Waals surface area contributed by atoms with Crippen LogP contribution in [0.3, 0.4) is 0 Å². The minimum atomic E-state index is -1.19. The molecule has 250 valence electrons. The number of amides is 1. The minimum Gasteiger partial charge on any atom is -0.456 e. The zero-order valence-electron chi connectivity index (χ0n) is 29.0. The number of aliphatic hydroxyl groups excluding tert-OH is 1. The Balaban J connectivity index is 3.22. The van der Waals surface area contributed by atoms with Crippen molar-refractivity contribution in [2.75, 3.05) is 6.79 Å². The van der Waals surface area contributed by atoms with E-state index in [2.05, 4.69) is 5.32 Å². The monoisotopic (exact) mass is 619 g/mol. The number of rotatable bonds is 17. The van der Waals surface area contributed by atoms with Crippen LogP contribution in [0, 0.1) is 17.3 Å². The first-order valence-corrected chi connectivity index (χ1v) is 15.6. The largest absolute Gasteiger partial charge is 0.456 e. The van der Waals surface area contributed by atoms with Crippen molar-refractivity contribution < 1.29 is 38.4 Å². The zero-order chi connectivity index (χ0) is 33.8. The highest BCUT2D eigenvalue weighted by Gasteiger charge is 2.39. The first-order valence-electron chi connectivity index (χ1n) is 15.6. The van der Waals surface area contributed by atoms with E-state index >= 15 is 0 Å². The maximum atomic E-state index is 13.7. The smallest absolute Gasteiger partial charge is 0.407 e. The first kappa shape index (κ1) is 39.3. The third-order valence-corrected chi connectivity index (χ3v) is 7.89. The molecule has 0 bridgehead atoms. The van der Waals surface area contributed by atoms with E-state index in [4.69, 9.17) is 18.9 Å². The van der Waals surface area contributed by atoms with E-state index in [0.29, 0.717) is 12.8 Å². The highest BCUT2D eigenvalue weighted by molar-refractivity contribution is 5.89. The minimum absolute atomic E-state index is 0.0856. The summed E-state index contributed by atoms with van der Waals surface area (Å²) in [7, 11) is 0. The van der Waals surface area contributed by atoms with Gasteiger partial charge >= 0.3 is 12.1 Å². The number of ketones is 1. The van der Waals surface area contributed by atoms with Crippen molar-refractivity contribution in [3.63, 3.8) is 0 Å². The van der Waals surface area contributed by atoms with Crippen LogP contribution in [0.1, 0.15) is 101 Å². The Labute approximate surface area is 265 Å². The maximum absolute atomic E-state index is 13.7. The van der Waals surface area contributed by atoms with E-state index in [-0.39, 0.29) is 25.1 Å². The van der Waals surface area contributed by atoms with Crippen molar-refractivity contribution in [1.82, 2.24) is 5.32 Å². The molecule has 1 unspecified atom stereocenters. The van der Waals surface area contributed by atoms with Crippen LogP contribution >= 0.6 is 0 Å². The summed E-state index contributed by atoms with van der Waals surface area (Å²) in [5, 5.41) is 13.3. The molecule has 0 spiro atoms. The topological polar surface area (TPSA) is 120 Å². The van der Waals surface area contributed by atoms with Crippen LogP contribution in [-0.4, -0.2) is 59.7 Å². The van der Waals surface area contributed by atoms with Crippen molar-refractivity contribution in [3.05, 3.63) is 47.0 Å². The lowest BCUT2D eigenvalue weighted by atomic mass is 9.74. The molecule has 9 nitrogen and oxygen atoms in total. The molecule has 0 saturated carbocycles. The summed E-state index contributed by atoms with van der Waals surface area (Å²) in [6, 6.07) is 8.81. The van der Waals surface area contributed by atoms with Gasteiger partial charge in [0, 0.05) is 11.3 Å². The van der Waals surface area contributed by atoms with Gasteiger partial charge in [0.2, 0.25) is 0 Å². The van der Waals surface area contributed by atoms with E-state index in [1.165, 1.54) is 0 Å². The third kappa shape index (κ3) is 12.7. The molecule has 0 heterocycles. The molecule has 0 saturated heterocycles. The molecule has 2 N–H and O–H groups in total. The first-order chi connectivity index (χ1) is 20.3. The number of carbonyl (C=O) groups excluding carboxylic acids is 3. The molecule has 0 aromatic heterocycles. The fourth-order valence-electron chi connectivity index (χ4n) is 4.85. The molecular weight excluding hydrogens is 562 g/mol. The molecule has 1 aromatic rings. The van der Waals surface area contributed by atoms with Crippen molar-refractivity contribution in [1.29, 1.82) is 0 Å². The summed E-state index contributed by atoms with van der Waals surface area (Å²) in [6.45, 7) is 21.9. The number of Topliss-reactive ketones (excluding diaryl/α,β-unsaturated/α-hetero) is 1. The summed E-state index contributed by atoms with van der Waals surface area (Å²) in [5.41, 5.74) is 0.781. The normalized spacial score (nSPS) is 16.3. The molecule has 5 atom stereocenters. The Hall–Kier alpha value is -2.75. The van der Waals surface area contributed by atoms with Gasteiger partial charge in [0.25, 0.3) is 0 Å². The quantitative estimate of drug-likeness (QED) is 0.0850. The zero-order valence-corrected chi connectivity index (χ0v) is 29.0. The van der Waals surface area contributed by atoms with Gasteiger partial charge in [0.05, 0.1) is 18.8 Å². The Morgan fingerprint density at radius 3 is 2.05 bits per heavy atom. The second kappa shape index (κ2) is 17.7. The average Bonchev–Trinajstić information content (AvgIpc) is 2.93. The standard InChI is InChI=1S/C35H57NO8/c1-13-29(37)35(11,12)31(38)25(6)23(4)24(5)26(7)43-32(39)30(42-21-41-20-27-17-15-14-16-18-27)28(19-22(2)3)36-33(40)44-34(8,9)10/h14-18,22,25-26,28-30,37H,13,19-21H2,1-12H3,(H,36,40)/b24-23+/t25-,26+,28+,29+,30?/m1/s1. The Morgan fingerprint density at radius 2 is 1.52 bits per heavy atom. The van der Waals surface area contributed by atoms with Crippen LogP contribution in [0.15, 0.2) is 41.5 Å². The van der Waals surface area contributed by atoms with Gasteiger partial charge in [-0.2, -0.15) is 0 Å². The second-order valence-electron chi connectivity index (χ2n) is 13.6. The third-order valence-electron chi connectivity index (χ3n) is 7.89. The molecule has 0 aliphatic carbocycles. The number of aliphatic hydroxyl groups is 1. The molecule has 1 aromatic carbocycles.